The Morgan fingerprint density at radius 3 is 2.52 bits per heavy atom. The summed E-state index contributed by atoms with van der Waals surface area (Å²) < 4.78 is 0. The van der Waals surface area contributed by atoms with Gasteiger partial charge in [-0.05, 0) is 54.3 Å². The Balaban J connectivity index is 1.74. The van der Waals surface area contributed by atoms with Crippen molar-refractivity contribution in [2.24, 2.45) is 40.4 Å². The summed E-state index contributed by atoms with van der Waals surface area (Å²) in [5, 5.41) is 0. The average molecular weight is 316 g/mol. The second-order valence-electron chi connectivity index (χ2n) is 9.55. The fourth-order valence-electron chi connectivity index (χ4n) is 7.70. The molecule has 0 heterocycles. The number of hydrogen-bond acceptors (Lipinski definition) is 2. The van der Waals surface area contributed by atoms with Crippen LogP contribution in [0.2, 0.25) is 0 Å². The Labute approximate surface area is 140 Å². The quantitative estimate of drug-likeness (QED) is 0.696. The van der Waals surface area contributed by atoms with Crippen molar-refractivity contribution >= 4 is 11.6 Å². The van der Waals surface area contributed by atoms with Crippen LogP contribution >= 0.6 is 0 Å². The first-order valence-corrected chi connectivity index (χ1v) is 9.97. The molecule has 2 nitrogen and oxygen atoms in total. The van der Waals surface area contributed by atoms with Crippen molar-refractivity contribution in [2.75, 3.05) is 0 Å². The van der Waals surface area contributed by atoms with Crippen molar-refractivity contribution in [3.63, 3.8) is 0 Å². The molecule has 128 valence electrons. The van der Waals surface area contributed by atoms with Crippen LogP contribution in [0, 0.1) is 40.4 Å². The lowest BCUT2D eigenvalue weighted by atomic mass is 9.44. The fourth-order valence-corrected chi connectivity index (χ4v) is 7.70. The number of hydrogen-bond donors (Lipinski definition) is 0. The van der Waals surface area contributed by atoms with E-state index >= 15 is 0 Å². The van der Waals surface area contributed by atoms with E-state index in [2.05, 4.69) is 20.8 Å². The summed E-state index contributed by atoms with van der Waals surface area (Å²) in [7, 11) is 0. The zero-order chi connectivity index (χ0) is 16.4. The largest absolute Gasteiger partial charge is 0.299 e. The lowest BCUT2D eigenvalue weighted by molar-refractivity contribution is -0.164. The third-order valence-corrected chi connectivity index (χ3v) is 8.74. The summed E-state index contributed by atoms with van der Waals surface area (Å²) in [6.07, 6.45) is 9.70. The molecule has 0 aromatic rings. The fraction of sp³-hybridized carbons (Fsp3) is 0.905. The minimum absolute atomic E-state index is 0.0268. The molecule has 2 heteroatoms. The summed E-state index contributed by atoms with van der Waals surface area (Å²) in [5.41, 5.74) is 0.145. The van der Waals surface area contributed by atoms with Crippen LogP contribution in [0.4, 0.5) is 0 Å². The average Bonchev–Trinajstić information content (AvgIpc) is 2.82. The lowest BCUT2D eigenvalue weighted by Gasteiger charge is -2.58. The van der Waals surface area contributed by atoms with Crippen LogP contribution in [-0.2, 0) is 9.59 Å². The first-order chi connectivity index (χ1) is 10.9. The molecular formula is C21H32O2. The van der Waals surface area contributed by atoms with Crippen molar-refractivity contribution in [2.45, 2.75) is 78.6 Å². The third kappa shape index (κ3) is 1.99. The summed E-state index contributed by atoms with van der Waals surface area (Å²) in [6, 6.07) is 0. The molecule has 0 N–H and O–H groups in total. The lowest BCUT2D eigenvalue weighted by Crippen LogP contribution is -2.59. The molecule has 0 amide bonds. The Morgan fingerprint density at radius 1 is 1.00 bits per heavy atom. The smallest absolute Gasteiger partial charge is 0.137 e. The maximum absolute atomic E-state index is 13.3. The molecule has 0 bridgehead atoms. The Bertz CT molecular complexity index is 538. The van der Waals surface area contributed by atoms with E-state index in [9.17, 15) is 9.59 Å². The van der Waals surface area contributed by atoms with Crippen LogP contribution in [0.3, 0.4) is 0 Å². The molecule has 23 heavy (non-hydrogen) atoms. The Kier molecular flexibility index (Phi) is 3.56. The van der Waals surface area contributed by atoms with E-state index in [1.165, 1.54) is 32.1 Å². The SMILES string of the molecule is CC[C@H]1CC[C@H]2[C@@H]3CC(=O)C4CCCC[C@]4(C)[C@H]3C(=O)C[C@]12C. The molecule has 0 radical (unpaired) electrons. The van der Waals surface area contributed by atoms with Crippen LogP contribution in [0.15, 0.2) is 0 Å². The standard InChI is InChI=1S/C21H32O2/c1-4-13-8-9-15-14-11-17(22)16-7-5-6-10-20(16,2)19(14)18(23)12-21(13,15)3/h13-16,19H,4-12H2,1-3H3/t13-,14-,15-,16?,19+,20-,21+/m0/s1. The van der Waals surface area contributed by atoms with Crippen LogP contribution in [0.5, 0.6) is 0 Å². The van der Waals surface area contributed by atoms with Gasteiger partial charge in [-0.25, -0.2) is 0 Å². The van der Waals surface area contributed by atoms with Crippen molar-refractivity contribution in [1.82, 2.24) is 0 Å². The molecule has 4 rings (SSSR count). The molecule has 0 aromatic heterocycles. The van der Waals surface area contributed by atoms with E-state index < -0.39 is 0 Å². The van der Waals surface area contributed by atoms with Gasteiger partial charge >= 0.3 is 0 Å². The molecule has 4 fully saturated rings. The van der Waals surface area contributed by atoms with Crippen molar-refractivity contribution in [3.8, 4) is 0 Å². The number of carbonyl (C=O) groups excluding carboxylic acids is 2. The number of ketones is 2. The highest BCUT2D eigenvalue weighted by atomic mass is 16.1. The van der Waals surface area contributed by atoms with Gasteiger partial charge < -0.3 is 0 Å². The van der Waals surface area contributed by atoms with Gasteiger partial charge in [-0.1, -0.05) is 40.0 Å². The molecule has 4 aliphatic rings. The summed E-state index contributed by atoms with van der Waals surface area (Å²) >= 11 is 0. The van der Waals surface area contributed by atoms with E-state index in [1.807, 2.05) is 0 Å². The van der Waals surface area contributed by atoms with E-state index in [-0.39, 0.29) is 22.7 Å². The van der Waals surface area contributed by atoms with Gasteiger partial charge in [0.2, 0.25) is 0 Å². The number of carbonyl (C=O) groups is 2. The molecule has 0 saturated heterocycles. The highest BCUT2D eigenvalue weighted by molar-refractivity contribution is 5.90. The van der Waals surface area contributed by atoms with Crippen LogP contribution in [0.1, 0.15) is 78.6 Å². The molecule has 0 aromatic carbocycles. The van der Waals surface area contributed by atoms with E-state index in [1.54, 1.807) is 0 Å². The summed E-state index contributed by atoms with van der Waals surface area (Å²) in [5.74, 6) is 3.00. The van der Waals surface area contributed by atoms with Gasteiger partial charge in [-0.15, -0.1) is 0 Å². The molecule has 4 saturated carbocycles. The molecular weight excluding hydrogens is 284 g/mol. The normalized spacial score (nSPS) is 52.7. The molecule has 0 spiro atoms. The summed E-state index contributed by atoms with van der Waals surface area (Å²) in [4.78, 5) is 26.2. The number of fused-ring (bicyclic) bond motifs is 5. The van der Waals surface area contributed by atoms with Gasteiger partial charge in [0, 0.05) is 24.7 Å². The number of rotatable bonds is 1. The van der Waals surface area contributed by atoms with Crippen molar-refractivity contribution in [1.29, 1.82) is 0 Å². The van der Waals surface area contributed by atoms with E-state index in [0.29, 0.717) is 35.7 Å². The van der Waals surface area contributed by atoms with Gasteiger partial charge in [0.25, 0.3) is 0 Å². The van der Waals surface area contributed by atoms with Gasteiger partial charge in [0.1, 0.15) is 11.6 Å². The zero-order valence-corrected chi connectivity index (χ0v) is 15.1. The zero-order valence-electron chi connectivity index (χ0n) is 15.1. The first-order valence-electron chi connectivity index (χ1n) is 9.97. The van der Waals surface area contributed by atoms with Crippen molar-refractivity contribution < 1.29 is 9.59 Å². The monoisotopic (exact) mass is 316 g/mol. The van der Waals surface area contributed by atoms with Crippen molar-refractivity contribution in [3.05, 3.63) is 0 Å². The minimum Gasteiger partial charge on any atom is -0.299 e. The molecule has 7 atom stereocenters. The van der Waals surface area contributed by atoms with Gasteiger partial charge in [0.05, 0.1) is 0 Å². The maximum atomic E-state index is 13.3. The van der Waals surface area contributed by atoms with Crippen LogP contribution in [-0.4, -0.2) is 11.6 Å². The minimum atomic E-state index is -0.0268. The Morgan fingerprint density at radius 2 is 1.78 bits per heavy atom. The topological polar surface area (TPSA) is 34.1 Å². The number of Topliss-reactive ketones (excluding diaryl/α,β-unsaturated/α-hetero) is 2. The second-order valence-corrected chi connectivity index (χ2v) is 9.55. The third-order valence-electron chi connectivity index (χ3n) is 8.74. The first kappa shape index (κ1) is 15.8. The van der Waals surface area contributed by atoms with E-state index in [0.717, 1.165) is 19.3 Å². The Hall–Kier alpha value is -0.660. The van der Waals surface area contributed by atoms with Crippen LogP contribution < -0.4 is 0 Å². The highest BCUT2D eigenvalue weighted by Crippen LogP contribution is 2.66. The van der Waals surface area contributed by atoms with E-state index in [4.69, 9.17) is 0 Å². The predicted octanol–water partition coefficient (Wildman–Crippen LogP) is 4.80. The van der Waals surface area contributed by atoms with Crippen LogP contribution in [0.25, 0.3) is 0 Å². The molecule has 1 unspecified atom stereocenters. The predicted molar refractivity (Wildman–Crippen MR) is 90.9 cm³/mol. The summed E-state index contributed by atoms with van der Waals surface area (Å²) in [6.45, 7) is 6.93. The molecule has 4 aliphatic carbocycles. The highest BCUT2D eigenvalue weighted by Gasteiger charge is 2.64. The maximum Gasteiger partial charge on any atom is 0.137 e. The van der Waals surface area contributed by atoms with Gasteiger partial charge in [-0.2, -0.15) is 0 Å². The second kappa shape index (κ2) is 5.17. The van der Waals surface area contributed by atoms with Gasteiger partial charge in [0.15, 0.2) is 0 Å². The molecule has 0 aliphatic heterocycles. The van der Waals surface area contributed by atoms with Gasteiger partial charge in [-0.3, -0.25) is 9.59 Å².